The fourth-order valence-electron chi connectivity index (χ4n) is 4.84. The predicted octanol–water partition coefficient (Wildman–Crippen LogP) is 2.44. The van der Waals surface area contributed by atoms with Gasteiger partial charge in [0.05, 0.1) is 15.7 Å². The number of hydrogen-bond acceptors (Lipinski definition) is 7. The largest absolute Gasteiger partial charge is 0.434 e. The van der Waals surface area contributed by atoms with E-state index >= 15 is 0 Å². The number of nitrogens with zero attached hydrogens (tertiary/aromatic N) is 3. The van der Waals surface area contributed by atoms with Crippen molar-refractivity contribution in [3.8, 4) is 17.3 Å². The molecule has 4 N–H and O–H groups in total. The van der Waals surface area contributed by atoms with E-state index in [4.69, 9.17) is 33.7 Å². The van der Waals surface area contributed by atoms with E-state index in [0.717, 1.165) is 47.9 Å². The first-order valence-corrected chi connectivity index (χ1v) is 10.8. The zero-order chi connectivity index (χ0) is 22.6. The monoisotopic (exact) mass is 476 g/mol. The molecule has 1 saturated carbocycles. The number of nitrogens with two attached hydrogens (primary N) is 1. The summed E-state index contributed by atoms with van der Waals surface area (Å²) < 4.78 is 6.84. The Morgan fingerprint density at radius 2 is 1.75 bits per heavy atom. The second-order valence-electron chi connectivity index (χ2n) is 8.10. The van der Waals surface area contributed by atoms with Gasteiger partial charge in [-0.05, 0) is 37.8 Å². The lowest BCUT2D eigenvalue weighted by Crippen LogP contribution is -2.33. The van der Waals surface area contributed by atoms with Gasteiger partial charge in [-0.3, -0.25) is 14.6 Å². The number of hydrogen-bond donors (Lipinski definition) is 3. The molecule has 2 aliphatic rings. The Kier molecular flexibility index (Phi) is 4.86. The average molecular weight is 477 g/mol. The first kappa shape index (κ1) is 20.8. The molecule has 0 aliphatic heterocycles. The Morgan fingerprint density at radius 3 is 2.44 bits per heavy atom. The lowest BCUT2D eigenvalue weighted by atomic mass is 9.81. The first-order valence-electron chi connectivity index (χ1n) is 10.1. The molecule has 2 aliphatic carbocycles. The SMILES string of the molecule is Nc1nn(-c2cc(Cl)c(Oc3n[nH]c(=O)c4c3CCC43CCCC3)c(Cl)c2)c(=O)[nH]c1=O. The van der Waals surface area contributed by atoms with Crippen LogP contribution in [0.2, 0.25) is 10.0 Å². The molecule has 2 heterocycles. The Labute approximate surface area is 190 Å². The minimum Gasteiger partial charge on any atom is -0.434 e. The Bertz CT molecular complexity index is 1400. The highest BCUT2D eigenvalue weighted by Crippen LogP contribution is 2.51. The summed E-state index contributed by atoms with van der Waals surface area (Å²) >= 11 is 12.8. The van der Waals surface area contributed by atoms with Gasteiger partial charge in [0.25, 0.3) is 11.1 Å². The van der Waals surface area contributed by atoms with E-state index in [1.807, 2.05) is 0 Å². The lowest BCUT2D eigenvalue weighted by molar-refractivity contribution is 0.432. The Balaban J connectivity index is 1.55. The summed E-state index contributed by atoms with van der Waals surface area (Å²) in [5.41, 5.74) is 5.34. The van der Waals surface area contributed by atoms with Crippen LogP contribution in [0, 0.1) is 0 Å². The van der Waals surface area contributed by atoms with Gasteiger partial charge in [-0.25, -0.2) is 9.89 Å². The third kappa shape index (κ3) is 3.21. The summed E-state index contributed by atoms with van der Waals surface area (Å²) in [6.07, 6.45) is 5.72. The van der Waals surface area contributed by atoms with Gasteiger partial charge in [0.15, 0.2) is 5.75 Å². The van der Waals surface area contributed by atoms with Crippen molar-refractivity contribution in [2.75, 3.05) is 5.73 Å². The Hall–Kier alpha value is -3.11. The summed E-state index contributed by atoms with van der Waals surface area (Å²) in [5.74, 6) is -0.00818. The van der Waals surface area contributed by atoms with E-state index in [9.17, 15) is 14.4 Å². The molecule has 32 heavy (non-hydrogen) atoms. The predicted molar refractivity (Wildman–Crippen MR) is 118 cm³/mol. The fraction of sp³-hybridized carbons (Fsp3) is 0.350. The van der Waals surface area contributed by atoms with Gasteiger partial charge in [-0.1, -0.05) is 36.0 Å². The van der Waals surface area contributed by atoms with Crippen LogP contribution in [-0.4, -0.2) is 25.0 Å². The highest BCUT2D eigenvalue weighted by atomic mass is 35.5. The number of halogens is 2. The number of H-pyrrole nitrogens is 2. The summed E-state index contributed by atoms with van der Waals surface area (Å²) in [6, 6.07) is 2.80. The maximum Gasteiger partial charge on any atom is 0.349 e. The molecule has 166 valence electrons. The van der Waals surface area contributed by atoms with Crippen LogP contribution in [-0.2, 0) is 11.8 Å². The molecular weight excluding hydrogens is 459 g/mol. The Morgan fingerprint density at radius 1 is 1.06 bits per heavy atom. The molecule has 1 aromatic carbocycles. The number of nitrogen functional groups attached to an aromatic ring is 1. The number of nitrogens with one attached hydrogen (secondary N) is 2. The standard InChI is InChI=1S/C20H18Cl2N6O4/c21-11-7-9(28-19(31)24-17(30)15(23)27-28)8-12(22)14(11)32-18-10-3-6-20(4-1-2-5-20)13(10)16(29)25-26-18/h7-8H,1-6H2,(H2,23,27)(H,25,29)(H,24,30,31). The summed E-state index contributed by atoms with van der Waals surface area (Å²) in [7, 11) is 0. The van der Waals surface area contributed by atoms with Crippen molar-refractivity contribution in [1.29, 1.82) is 0 Å². The van der Waals surface area contributed by atoms with Crippen LogP contribution in [0.3, 0.4) is 0 Å². The number of anilines is 1. The van der Waals surface area contributed by atoms with Crippen molar-refractivity contribution >= 4 is 29.0 Å². The molecule has 0 amide bonds. The van der Waals surface area contributed by atoms with Crippen molar-refractivity contribution in [3.05, 3.63) is 64.5 Å². The van der Waals surface area contributed by atoms with Gasteiger partial charge < -0.3 is 10.5 Å². The van der Waals surface area contributed by atoms with Gasteiger partial charge in [0.2, 0.25) is 11.7 Å². The molecule has 10 nitrogen and oxygen atoms in total. The van der Waals surface area contributed by atoms with E-state index in [-0.39, 0.29) is 44.2 Å². The average Bonchev–Trinajstić information content (AvgIpc) is 3.37. The van der Waals surface area contributed by atoms with Crippen molar-refractivity contribution in [2.45, 2.75) is 43.9 Å². The molecule has 0 unspecified atom stereocenters. The third-order valence-corrected chi connectivity index (χ3v) is 6.83. The van der Waals surface area contributed by atoms with Crippen LogP contribution in [0.1, 0.15) is 43.2 Å². The lowest BCUT2D eigenvalue weighted by Gasteiger charge is -2.23. The summed E-state index contributed by atoms with van der Waals surface area (Å²) in [5, 5.41) is 10.6. The zero-order valence-electron chi connectivity index (χ0n) is 16.7. The topological polar surface area (TPSA) is 149 Å². The number of rotatable bonds is 3. The maximum absolute atomic E-state index is 12.6. The van der Waals surface area contributed by atoms with E-state index in [2.05, 4.69) is 20.3 Å². The van der Waals surface area contributed by atoms with Gasteiger partial charge in [-0.15, -0.1) is 10.2 Å². The van der Waals surface area contributed by atoms with Crippen molar-refractivity contribution in [3.63, 3.8) is 0 Å². The first-order chi connectivity index (χ1) is 15.3. The van der Waals surface area contributed by atoms with Gasteiger partial charge >= 0.3 is 5.69 Å². The van der Waals surface area contributed by atoms with Gasteiger partial charge in [0, 0.05) is 16.5 Å². The van der Waals surface area contributed by atoms with Crippen LogP contribution in [0.25, 0.3) is 5.69 Å². The number of benzene rings is 1. The minimum atomic E-state index is -0.799. The molecular formula is C20H18Cl2N6O4. The van der Waals surface area contributed by atoms with Crippen molar-refractivity contribution in [1.82, 2.24) is 25.0 Å². The second kappa shape index (κ2) is 7.49. The number of ether oxygens (including phenoxy) is 1. The fourth-order valence-corrected chi connectivity index (χ4v) is 5.39. The maximum atomic E-state index is 12.6. The third-order valence-electron chi connectivity index (χ3n) is 6.27. The van der Waals surface area contributed by atoms with E-state index in [1.165, 1.54) is 12.1 Å². The quantitative estimate of drug-likeness (QED) is 0.525. The molecule has 3 aromatic rings. The molecule has 0 radical (unpaired) electrons. The number of aromatic amines is 2. The minimum absolute atomic E-state index is 0.0845. The molecule has 12 heteroatoms. The van der Waals surface area contributed by atoms with Crippen LogP contribution >= 0.6 is 23.2 Å². The second-order valence-corrected chi connectivity index (χ2v) is 8.91. The number of fused-ring (bicyclic) bond motifs is 2. The summed E-state index contributed by atoms with van der Waals surface area (Å²) in [4.78, 5) is 38.2. The van der Waals surface area contributed by atoms with Crippen LogP contribution < -0.4 is 27.3 Å². The molecule has 1 fully saturated rings. The highest BCUT2D eigenvalue weighted by molar-refractivity contribution is 6.37. The zero-order valence-corrected chi connectivity index (χ0v) is 18.2. The number of aromatic nitrogens is 5. The molecule has 1 spiro atoms. The van der Waals surface area contributed by atoms with Gasteiger partial charge in [-0.2, -0.15) is 4.68 Å². The molecule has 0 saturated heterocycles. The van der Waals surface area contributed by atoms with Crippen LogP contribution in [0.4, 0.5) is 5.82 Å². The normalized spacial score (nSPS) is 16.4. The van der Waals surface area contributed by atoms with Gasteiger partial charge in [0.1, 0.15) is 0 Å². The van der Waals surface area contributed by atoms with Crippen molar-refractivity contribution < 1.29 is 4.74 Å². The van der Waals surface area contributed by atoms with E-state index in [0.29, 0.717) is 6.42 Å². The molecule has 2 aromatic heterocycles. The van der Waals surface area contributed by atoms with E-state index < -0.39 is 11.2 Å². The molecule has 0 atom stereocenters. The highest BCUT2D eigenvalue weighted by Gasteiger charge is 2.44. The van der Waals surface area contributed by atoms with Crippen LogP contribution in [0.5, 0.6) is 11.6 Å². The smallest absolute Gasteiger partial charge is 0.349 e. The summed E-state index contributed by atoms with van der Waals surface area (Å²) in [6.45, 7) is 0. The van der Waals surface area contributed by atoms with E-state index in [1.54, 1.807) is 0 Å². The molecule has 0 bridgehead atoms. The van der Waals surface area contributed by atoms with Crippen molar-refractivity contribution in [2.24, 2.45) is 0 Å². The van der Waals surface area contributed by atoms with Crippen LogP contribution in [0.15, 0.2) is 26.5 Å². The molecule has 5 rings (SSSR count).